The van der Waals surface area contributed by atoms with Crippen LogP contribution in [0, 0.1) is 12.3 Å². The highest BCUT2D eigenvalue weighted by atomic mass is 19.4. The molecule has 0 aliphatic heterocycles. The maximum atomic E-state index is 12.1. The molecule has 2 rings (SSSR count). The third-order valence-corrected chi connectivity index (χ3v) is 2.58. The van der Waals surface area contributed by atoms with Gasteiger partial charge in [0.2, 0.25) is 0 Å². The maximum absolute atomic E-state index is 12.1. The van der Waals surface area contributed by atoms with Gasteiger partial charge < -0.3 is 4.74 Å². The van der Waals surface area contributed by atoms with Crippen LogP contribution in [0.1, 0.15) is 29.9 Å². The summed E-state index contributed by atoms with van der Waals surface area (Å²) in [7, 11) is 0. The monoisotopic (exact) mass is 240 g/mol. The summed E-state index contributed by atoms with van der Waals surface area (Å²) in [6.45, 7) is -1.26. The molecule has 0 radical (unpaired) electrons. The zero-order chi connectivity index (χ0) is 12.5. The Hall–Kier alpha value is -1.63. The molecule has 0 atom stereocenters. The van der Waals surface area contributed by atoms with Gasteiger partial charge in [-0.1, -0.05) is 5.92 Å². The van der Waals surface area contributed by atoms with E-state index in [1.165, 1.54) is 6.07 Å². The highest BCUT2D eigenvalue weighted by Gasteiger charge is 2.31. The number of alkyl halides is 3. The average molecular weight is 240 g/mol. The fourth-order valence-electron chi connectivity index (χ4n) is 1.64. The van der Waals surface area contributed by atoms with E-state index in [2.05, 4.69) is 5.92 Å². The van der Waals surface area contributed by atoms with Crippen LogP contribution in [-0.2, 0) is 0 Å². The second kappa shape index (κ2) is 4.33. The number of hydrogen-bond acceptors (Lipinski definition) is 1. The highest BCUT2D eigenvalue weighted by molar-refractivity contribution is 5.46. The molecule has 1 aliphatic carbocycles. The van der Waals surface area contributed by atoms with Gasteiger partial charge in [-0.25, -0.2) is 0 Å². The molecule has 0 bridgehead atoms. The molecule has 1 aliphatic rings. The van der Waals surface area contributed by atoms with E-state index >= 15 is 0 Å². The van der Waals surface area contributed by atoms with Crippen molar-refractivity contribution in [2.45, 2.75) is 24.9 Å². The summed E-state index contributed by atoms with van der Waals surface area (Å²) < 4.78 is 41.0. The van der Waals surface area contributed by atoms with E-state index in [-0.39, 0.29) is 0 Å². The Balaban J connectivity index is 2.18. The number of terminal acetylenes is 1. The zero-order valence-electron chi connectivity index (χ0n) is 9.05. The normalized spacial score (nSPS) is 15.4. The van der Waals surface area contributed by atoms with Crippen molar-refractivity contribution in [3.8, 4) is 18.1 Å². The van der Waals surface area contributed by atoms with Crippen LogP contribution in [0.4, 0.5) is 13.2 Å². The first-order chi connectivity index (χ1) is 7.99. The number of rotatable bonds is 3. The molecule has 0 unspecified atom stereocenters. The molecule has 0 N–H and O–H groups in total. The molecular weight excluding hydrogens is 229 g/mol. The summed E-state index contributed by atoms with van der Waals surface area (Å²) in [6, 6.07) is 4.86. The lowest BCUT2D eigenvalue weighted by Crippen LogP contribution is -2.19. The minimum absolute atomic E-state index is 0.295. The molecule has 1 fully saturated rings. The number of ether oxygens (including phenoxy) is 1. The number of halogens is 3. The quantitative estimate of drug-likeness (QED) is 0.735. The average Bonchev–Trinajstić information content (AvgIpc) is 3.09. The van der Waals surface area contributed by atoms with Gasteiger partial charge in [0.15, 0.2) is 6.61 Å². The predicted molar refractivity (Wildman–Crippen MR) is 57.9 cm³/mol. The van der Waals surface area contributed by atoms with Crippen molar-refractivity contribution < 1.29 is 17.9 Å². The molecule has 4 heteroatoms. The van der Waals surface area contributed by atoms with Crippen molar-refractivity contribution in [1.29, 1.82) is 0 Å². The van der Waals surface area contributed by atoms with Crippen LogP contribution in [0.5, 0.6) is 5.75 Å². The van der Waals surface area contributed by atoms with E-state index < -0.39 is 12.8 Å². The summed E-state index contributed by atoms with van der Waals surface area (Å²) in [5.41, 5.74) is 1.47. The lowest BCUT2D eigenvalue weighted by atomic mass is 10.1. The molecule has 90 valence electrons. The van der Waals surface area contributed by atoms with Crippen molar-refractivity contribution >= 4 is 0 Å². The summed E-state index contributed by atoms with van der Waals surface area (Å²) in [5, 5.41) is 0. The Morgan fingerprint density at radius 2 is 2.06 bits per heavy atom. The molecule has 0 aromatic heterocycles. The van der Waals surface area contributed by atoms with Gasteiger partial charge in [0.05, 0.1) is 0 Å². The maximum Gasteiger partial charge on any atom is 0.422 e. The SMILES string of the molecule is C#Cc1ccc(OCC(F)(F)F)c(C2CC2)c1. The molecule has 1 aromatic rings. The summed E-state index contributed by atoms with van der Waals surface area (Å²) in [4.78, 5) is 0. The van der Waals surface area contributed by atoms with Crippen LogP contribution in [0.3, 0.4) is 0 Å². The first kappa shape index (κ1) is 11.8. The summed E-state index contributed by atoms with van der Waals surface area (Å²) in [6.07, 6.45) is 2.91. The fourth-order valence-corrected chi connectivity index (χ4v) is 1.64. The molecule has 1 aromatic carbocycles. The molecule has 1 nitrogen and oxygen atoms in total. The highest BCUT2D eigenvalue weighted by Crippen LogP contribution is 2.44. The molecule has 0 heterocycles. The zero-order valence-corrected chi connectivity index (χ0v) is 9.05. The van der Waals surface area contributed by atoms with E-state index in [0.717, 1.165) is 18.4 Å². The Morgan fingerprint density at radius 1 is 1.35 bits per heavy atom. The van der Waals surface area contributed by atoms with Crippen LogP contribution in [0.15, 0.2) is 18.2 Å². The first-order valence-electron chi connectivity index (χ1n) is 5.30. The first-order valence-corrected chi connectivity index (χ1v) is 5.30. The van der Waals surface area contributed by atoms with Crippen LogP contribution < -0.4 is 4.74 Å². The van der Waals surface area contributed by atoms with Crippen LogP contribution >= 0.6 is 0 Å². The van der Waals surface area contributed by atoms with Crippen LogP contribution in [0.2, 0.25) is 0 Å². The molecule has 0 spiro atoms. The lowest BCUT2D eigenvalue weighted by molar-refractivity contribution is -0.153. The molecular formula is C13H11F3O. The largest absolute Gasteiger partial charge is 0.484 e. The third kappa shape index (κ3) is 3.16. The number of benzene rings is 1. The van der Waals surface area contributed by atoms with Crippen molar-refractivity contribution in [3.05, 3.63) is 29.3 Å². The molecule has 1 saturated carbocycles. The van der Waals surface area contributed by atoms with Crippen LogP contribution in [-0.4, -0.2) is 12.8 Å². The van der Waals surface area contributed by atoms with Gasteiger partial charge in [0.25, 0.3) is 0 Å². The van der Waals surface area contributed by atoms with E-state index in [1.54, 1.807) is 12.1 Å². The molecule has 0 saturated heterocycles. The Labute approximate surface area is 97.6 Å². The topological polar surface area (TPSA) is 9.23 Å². The van der Waals surface area contributed by atoms with Gasteiger partial charge in [-0.3, -0.25) is 0 Å². The van der Waals surface area contributed by atoms with Gasteiger partial charge in [0, 0.05) is 5.56 Å². The Kier molecular flexibility index (Phi) is 3.01. The standard InChI is InChI=1S/C13H11F3O/c1-2-9-3-6-12(17-8-13(14,15)16)11(7-9)10-4-5-10/h1,3,6-7,10H,4-5,8H2. The van der Waals surface area contributed by atoms with Crippen molar-refractivity contribution in [2.24, 2.45) is 0 Å². The minimum Gasteiger partial charge on any atom is -0.484 e. The van der Waals surface area contributed by atoms with Gasteiger partial charge in [-0.05, 0) is 42.5 Å². The van der Waals surface area contributed by atoms with Crippen molar-refractivity contribution in [2.75, 3.05) is 6.61 Å². The van der Waals surface area contributed by atoms with E-state index in [9.17, 15) is 13.2 Å². The molecule has 17 heavy (non-hydrogen) atoms. The third-order valence-electron chi connectivity index (χ3n) is 2.58. The Bertz CT molecular complexity index is 453. The Morgan fingerprint density at radius 3 is 2.59 bits per heavy atom. The fraction of sp³-hybridized carbons (Fsp3) is 0.385. The lowest BCUT2D eigenvalue weighted by Gasteiger charge is -2.13. The van der Waals surface area contributed by atoms with Crippen LogP contribution in [0.25, 0.3) is 0 Å². The predicted octanol–water partition coefficient (Wildman–Crippen LogP) is 3.49. The smallest absolute Gasteiger partial charge is 0.422 e. The summed E-state index contributed by atoms with van der Waals surface area (Å²) in [5.74, 6) is 3.06. The second-order valence-corrected chi connectivity index (χ2v) is 4.08. The minimum atomic E-state index is -4.31. The number of hydrogen-bond donors (Lipinski definition) is 0. The van der Waals surface area contributed by atoms with Gasteiger partial charge >= 0.3 is 6.18 Å². The van der Waals surface area contributed by atoms with E-state index in [1.807, 2.05) is 0 Å². The van der Waals surface area contributed by atoms with Gasteiger partial charge in [-0.2, -0.15) is 13.2 Å². The molecule has 0 amide bonds. The van der Waals surface area contributed by atoms with E-state index in [0.29, 0.717) is 17.2 Å². The second-order valence-electron chi connectivity index (χ2n) is 4.08. The van der Waals surface area contributed by atoms with Gasteiger partial charge in [0.1, 0.15) is 5.75 Å². The van der Waals surface area contributed by atoms with Crippen molar-refractivity contribution in [1.82, 2.24) is 0 Å². The van der Waals surface area contributed by atoms with Gasteiger partial charge in [-0.15, -0.1) is 6.42 Å². The van der Waals surface area contributed by atoms with E-state index in [4.69, 9.17) is 11.2 Å². The summed E-state index contributed by atoms with van der Waals surface area (Å²) >= 11 is 0. The van der Waals surface area contributed by atoms with Crippen molar-refractivity contribution in [3.63, 3.8) is 0 Å².